The molecule has 5 heteroatoms. The van der Waals surface area contributed by atoms with Crippen LogP contribution in [0.15, 0.2) is 69.6 Å². The highest BCUT2D eigenvalue weighted by Gasteiger charge is 2.11. The van der Waals surface area contributed by atoms with Crippen LogP contribution in [0.5, 0.6) is 5.75 Å². The zero-order chi connectivity index (χ0) is 18.5. The van der Waals surface area contributed by atoms with Crippen molar-refractivity contribution in [3.05, 3.63) is 92.1 Å². The Morgan fingerprint density at radius 2 is 1.69 bits per heavy atom. The highest BCUT2D eigenvalue weighted by atomic mass is 79.9. The summed E-state index contributed by atoms with van der Waals surface area (Å²) < 4.78 is 21.2. The number of halogens is 3. The van der Waals surface area contributed by atoms with Gasteiger partial charge in [0.1, 0.15) is 18.2 Å². The van der Waals surface area contributed by atoms with Gasteiger partial charge < -0.3 is 10.1 Å². The summed E-state index contributed by atoms with van der Waals surface area (Å²) in [6.45, 7) is 2.93. The number of nitrogens with one attached hydrogen (secondary N) is 1. The van der Waals surface area contributed by atoms with Crippen molar-refractivity contribution in [1.29, 1.82) is 0 Å². The summed E-state index contributed by atoms with van der Waals surface area (Å²) in [5, 5.41) is 3.41. The zero-order valence-corrected chi connectivity index (χ0v) is 17.4. The van der Waals surface area contributed by atoms with E-state index in [2.05, 4.69) is 56.2 Å². The molecule has 0 fully saturated rings. The van der Waals surface area contributed by atoms with Crippen molar-refractivity contribution in [3.63, 3.8) is 0 Å². The molecule has 0 aromatic heterocycles. The topological polar surface area (TPSA) is 21.3 Å². The van der Waals surface area contributed by atoms with E-state index in [4.69, 9.17) is 4.74 Å². The van der Waals surface area contributed by atoms with Crippen LogP contribution >= 0.6 is 31.9 Å². The van der Waals surface area contributed by atoms with Gasteiger partial charge in [-0.05, 0) is 80.2 Å². The average molecular weight is 479 g/mol. The molecular weight excluding hydrogens is 461 g/mol. The lowest BCUT2D eigenvalue weighted by atomic mass is 10.2. The Balaban J connectivity index is 1.69. The quantitative estimate of drug-likeness (QED) is 0.418. The highest BCUT2D eigenvalue weighted by Crippen LogP contribution is 2.35. The number of benzene rings is 3. The highest BCUT2D eigenvalue weighted by molar-refractivity contribution is 9.11. The van der Waals surface area contributed by atoms with E-state index in [-0.39, 0.29) is 12.4 Å². The second-order valence-corrected chi connectivity index (χ2v) is 7.70. The molecule has 0 unspecified atom stereocenters. The van der Waals surface area contributed by atoms with E-state index in [1.165, 1.54) is 11.6 Å². The molecule has 0 amide bonds. The van der Waals surface area contributed by atoms with Crippen molar-refractivity contribution in [2.75, 3.05) is 5.32 Å². The first-order valence-electron chi connectivity index (χ1n) is 8.17. The van der Waals surface area contributed by atoms with Crippen LogP contribution in [-0.2, 0) is 13.2 Å². The minimum absolute atomic E-state index is 0.171. The zero-order valence-electron chi connectivity index (χ0n) is 14.2. The summed E-state index contributed by atoms with van der Waals surface area (Å²) in [5.74, 6) is 0.395. The van der Waals surface area contributed by atoms with Gasteiger partial charge in [0.15, 0.2) is 0 Å². The van der Waals surface area contributed by atoms with Gasteiger partial charge in [0.2, 0.25) is 0 Å². The van der Waals surface area contributed by atoms with Crippen LogP contribution in [-0.4, -0.2) is 0 Å². The van der Waals surface area contributed by atoms with Crippen LogP contribution in [0.25, 0.3) is 0 Å². The second kappa shape index (κ2) is 8.69. The van der Waals surface area contributed by atoms with Crippen LogP contribution in [0.2, 0.25) is 0 Å². The van der Waals surface area contributed by atoms with Gasteiger partial charge in [0.25, 0.3) is 0 Å². The molecule has 0 radical (unpaired) electrons. The van der Waals surface area contributed by atoms with Crippen LogP contribution in [0.1, 0.15) is 16.7 Å². The third-order valence-corrected chi connectivity index (χ3v) is 5.08. The normalized spacial score (nSPS) is 10.6. The maximum absolute atomic E-state index is 13.7. The first-order valence-corrected chi connectivity index (χ1v) is 9.76. The molecule has 3 aromatic carbocycles. The monoisotopic (exact) mass is 477 g/mol. The lowest BCUT2D eigenvalue weighted by Crippen LogP contribution is -2.02. The molecule has 0 saturated carbocycles. The fourth-order valence-electron chi connectivity index (χ4n) is 2.58. The van der Waals surface area contributed by atoms with E-state index in [1.54, 1.807) is 18.2 Å². The Kier molecular flexibility index (Phi) is 6.33. The van der Waals surface area contributed by atoms with Gasteiger partial charge in [-0.3, -0.25) is 0 Å². The molecule has 134 valence electrons. The predicted molar refractivity (Wildman–Crippen MR) is 111 cm³/mol. The maximum atomic E-state index is 13.7. The molecule has 2 nitrogen and oxygen atoms in total. The molecule has 0 bridgehead atoms. The van der Waals surface area contributed by atoms with E-state index in [1.807, 2.05) is 24.3 Å². The molecule has 1 N–H and O–H groups in total. The van der Waals surface area contributed by atoms with Gasteiger partial charge in [-0.15, -0.1) is 0 Å². The van der Waals surface area contributed by atoms with Crippen LogP contribution < -0.4 is 10.1 Å². The minimum atomic E-state index is -0.265. The Bertz CT molecular complexity index is 891. The molecular formula is C21H18Br2FNO. The van der Waals surface area contributed by atoms with Gasteiger partial charge in [0, 0.05) is 17.8 Å². The van der Waals surface area contributed by atoms with Crippen molar-refractivity contribution in [2.45, 2.75) is 20.1 Å². The fraction of sp³-hybridized carbons (Fsp3) is 0.143. The standard InChI is InChI=1S/C21H18Br2FNO/c1-14-5-4-7-17(9-14)25-12-15-10-18(22)21(19(23)11-15)26-13-16-6-2-3-8-20(16)24/h2-11,25H,12-13H2,1H3. The lowest BCUT2D eigenvalue weighted by molar-refractivity contribution is 0.296. The summed E-state index contributed by atoms with van der Waals surface area (Å²) in [5.41, 5.74) is 3.92. The number of ether oxygens (including phenoxy) is 1. The number of rotatable bonds is 6. The van der Waals surface area contributed by atoms with Gasteiger partial charge in [-0.25, -0.2) is 4.39 Å². The van der Waals surface area contributed by atoms with Gasteiger partial charge in [-0.1, -0.05) is 30.3 Å². The predicted octanol–water partition coefficient (Wildman–Crippen LogP) is 6.85. The molecule has 0 aliphatic carbocycles. The first-order chi connectivity index (χ1) is 12.5. The molecule has 0 atom stereocenters. The fourth-order valence-corrected chi connectivity index (χ4v) is 4.09. The first kappa shape index (κ1) is 18.9. The van der Waals surface area contributed by atoms with E-state index in [0.29, 0.717) is 17.9 Å². The summed E-state index contributed by atoms with van der Waals surface area (Å²) >= 11 is 7.10. The molecule has 0 spiro atoms. The Morgan fingerprint density at radius 3 is 2.38 bits per heavy atom. The molecule has 0 aliphatic heterocycles. The van der Waals surface area contributed by atoms with E-state index < -0.39 is 0 Å². The lowest BCUT2D eigenvalue weighted by Gasteiger charge is -2.14. The summed E-state index contributed by atoms with van der Waals surface area (Å²) in [6, 6.07) is 18.9. The second-order valence-electron chi connectivity index (χ2n) is 5.99. The third kappa shape index (κ3) is 4.86. The van der Waals surface area contributed by atoms with E-state index >= 15 is 0 Å². The Hall–Kier alpha value is -1.85. The summed E-state index contributed by atoms with van der Waals surface area (Å²) in [7, 11) is 0. The van der Waals surface area contributed by atoms with Gasteiger partial charge in [-0.2, -0.15) is 0 Å². The minimum Gasteiger partial charge on any atom is -0.486 e. The van der Waals surface area contributed by atoms with Crippen LogP contribution in [0, 0.1) is 12.7 Å². The smallest absolute Gasteiger partial charge is 0.148 e. The molecule has 3 aromatic rings. The van der Waals surface area contributed by atoms with Gasteiger partial charge in [0.05, 0.1) is 8.95 Å². The molecule has 26 heavy (non-hydrogen) atoms. The molecule has 0 heterocycles. The van der Waals surface area contributed by atoms with Crippen molar-refractivity contribution in [3.8, 4) is 5.75 Å². The molecule has 0 aliphatic rings. The van der Waals surface area contributed by atoms with Crippen molar-refractivity contribution >= 4 is 37.5 Å². The maximum Gasteiger partial charge on any atom is 0.148 e. The van der Waals surface area contributed by atoms with Crippen LogP contribution in [0.4, 0.5) is 10.1 Å². The number of anilines is 1. The third-order valence-electron chi connectivity index (χ3n) is 3.90. The summed E-state index contributed by atoms with van der Waals surface area (Å²) in [4.78, 5) is 0. The van der Waals surface area contributed by atoms with E-state index in [0.717, 1.165) is 20.2 Å². The SMILES string of the molecule is Cc1cccc(NCc2cc(Br)c(OCc3ccccc3F)c(Br)c2)c1. The van der Waals surface area contributed by atoms with Crippen LogP contribution in [0.3, 0.4) is 0 Å². The molecule has 0 saturated heterocycles. The largest absolute Gasteiger partial charge is 0.486 e. The van der Waals surface area contributed by atoms with Crippen molar-refractivity contribution in [2.24, 2.45) is 0 Å². The number of hydrogen-bond donors (Lipinski definition) is 1. The van der Waals surface area contributed by atoms with Crippen molar-refractivity contribution < 1.29 is 9.13 Å². The number of aryl methyl sites for hydroxylation is 1. The number of hydrogen-bond acceptors (Lipinski definition) is 2. The Morgan fingerprint density at radius 1 is 0.962 bits per heavy atom. The van der Waals surface area contributed by atoms with Crippen molar-refractivity contribution in [1.82, 2.24) is 0 Å². The Labute approximate surface area is 169 Å². The van der Waals surface area contributed by atoms with E-state index in [9.17, 15) is 4.39 Å². The molecule has 3 rings (SSSR count). The summed E-state index contributed by atoms with van der Waals surface area (Å²) in [6.07, 6.45) is 0. The van der Waals surface area contributed by atoms with Gasteiger partial charge >= 0.3 is 0 Å². The average Bonchev–Trinajstić information content (AvgIpc) is 2.61.